The van der Waals surface area contributed by atoms with Gasteiger partial charge in [0, 0.05) is 19.1 Å². The fraction of sp³-hybridized carbons (Fsp3) is 0.500. The van der Waals surface area contributed by atoms with E-state index in [1.165, 1.54) is 0 Å². The molecule has 0 bridgehead atoms. The van der Waals surface area contributed by atoms with Crippen molar-refractivity contribution in [1.82, 2.24) is 10.0 Å². The lowest BCUT2D eigenvalue weighted by Gasteiger charge is -2.17. The Kier molecular flexibility index (Phi) is 7.04. The maximum atomic E-state index is 11.5. The first-order valence-electron chi connectivity index (χ1n) is 6.12. The van der Waals surface area contributed by atoms with Crippen molar-refractivity contribution in [2.75, 3.05) is 18.8 Å². The number of nitrogens with one attached hydrogen (secondary N) is 2. The molecule has 1 atom stereocenters. The van der Waals surface area contributed by atoms with Crippen molar-refractivity contribution in [3.05, 3.63) is 32.8 Å². The first-order valence-corrected chi connectivity index (χ1v) is 8.91. The molecule has 4 nitrogen and oxygen atoms in total. The molecule has 114 valence electrons. The van der Waals surface area contributed by atoms with Crippen LogP contribution in [0.4, 0.5) is 0 Å². The number of benzene rings is 1. The molecule has 1 rings (SSSR count). The molecule has 0 amide bonds. The van der Waals surface area contributed by atoms with E-state index in [4.69, 9.17) is 34.8 Å². The number of sulfonamides is 1. The van der Waals surface area contributed by atoms with E-state index >= 15 is 0 Å². The van der Waals surface area contributed by atoms with Crippen LogP contribution in [0.25, 0.3) is 0 Å². The van der Waals surface area contributed by atoms with Crippen LogP contribution in [0.1, 0.15) is 25.5 Å². The molecule has 8 heteroatoms. The van der Waals surface area contributed by atoms with Crippen molar-refractivity contribution in [1.29, 1.82) is 0 Å². The van der Waals surface area contributed by atoms with Gasteiger partial charge in [-0.1, -0.05) is 47.8 Å². The minimum atomic E-state index is -3.23. The fourth-order valence-corrected chi connectivity index (χ4v) is 3.36. The zero-order valence-electron chi connectivity index (χ0n) is 11.2. The molecule has 0 fully saturated rings. The van der Waals surface area contributed by atoms with Gasteiger partial charge >= 0.3 is 0 Å². The molecular formula is C12H17Cl3N2O2S. The third-order valence-corrected chi connectivity index (χ3v) is 5.50. The molecule has 0 aliphatic carbocycles. The second-order valence-electron chi connectivity index (χ2n) is 4.26. The second kappa shape index (κ2) is 7.82. The van der Waals surface area contributed by atoms with Gasteiger partial charge in [-0.05, 0) is 18.6 Å². The van der Waals surface area contributed by atoms with Crippen molar-refractivity contribution < 1.29 is 8.42 Å². The Hall–Kier alpha value is -0.0400. The lowest BCUT2D eigenvalue weighted by atomic mass is 10.1. The summed E-state index contributed by atoms with van der Waals surface area (Å²) >= 11 is 18.0. The van der Waals surface area contributed by atoms with E-state index in [9.17, 15) is 8.42 Å². The average Bonchev–Trinajstić information content (AvgIpc) is 2.35. The highest BCUT2D eigenvalue weighted by molar-refractivity contribution is 7.89. The molecule has 1 aromatic rings. The van der Waals surface area contributed by atoms with Crippen LogP contribution in [0, 0.1) is 0 Å². The standard InChI is InChI=1S/C12H17Cl3N2O2S/c1-3-17-20(18,19)7-6-16-8(2)9-4-5-10(13)12(15)11(9)14/h4-5,8,16-17H,3,6-7H2,1-2H3. The summed E-state index contributed by atoms with van der Waals surface area (Å²) in [6.45, 7) is 4.32. The number of hydrogen-bond acceptors (Lipinski definition) is 3. The summed E-state index contributed by atoms with van der Waals surface area (Å²) in [6, 6.07) is 3.31. The smallest absolute Gasteiger partial charge is 0.212 e. The Morgan fingerprint density at radius 1 is 1.20 bits per heavy atom. The molecule has 0 aliphatic heterocycles. The van der Waals surface area contributed by atoms with Gasteiger partial charge in [0.1, 0.15) is 0 Å². The quantitative estimate of drug-likeness (QED) is 0.735. The van der Waals surface area contributed by atoms with E-state index in [2.05, 4.69) is 10.0 Å². The van der Waals surface area contributed by atoms with E-state index in [0.29, 0.717) is 28.2 Å². The molecule has 0 aliphatic rings. The molecule has 1 aromatic carbocycles. The summed E-state index contributed by atoms with van der Waals surface area (Å²) in [6.07, 6.45) is 0. The Morgan fingerprint density at radius 2 is 1.85 bits per heavy atom. The van der Waals surface area contributed by atoms with Crippen LogP contribution in [0.3, 0.4) is 0 Å². The van der Waals surface area contributed by atoms with E-state index in [0.717, 1.165) is 5.56 Å². The molecule has 0 spiro atoms. The van der Waals surface area contributed by atoms with Crippen molar-refractivity contribution >= 4 is 44.8 Å². The van der Waals surface area contributed by atoms with Crippen molar-refractivity contribution in [2.24, 2.45) is 0 Å². The van der Waals surface area contributed by atoms with Gasteiger partial charge in [-0.25, -0.2) is 13.1 Å². The Morgan fingerprint density at radius 3 is 2.45 bits per heavy atom. The molecule has 0 saturated carbocycles. The third kappa shape index (κ3) is 5.06. The monoisotopic (exact) mass is 358 g/mol. The van der Waals surface area contributed by atoms with Gasteiger partial charge in [-0.2, -0.15) is 0 Å². The predicted octanol–water partition coefficient (Wildman–Crippen LogP) is 3.24. The molecule has 0 heterocycles. The zero-order chi connectivity index (χ0) is 15.3. The summed E-state index contributed by atoms with van der Waals surface area (Å²) in [5.74, 6) is 0.00409. The highest BCUT2D eigenvalue weighted by Gasteiger charge is 2.15. The highest BCUT2D eigenvalue weighted by atomic mass is 35.5. The zero-order valence-corrected chi connectivity index (χ0v) is 14.3. The maximum absolute atomic E-state index is 11.5. The summed E-state index contributed by atoms with van der Waals surface area (Å²) < 4.78 is 25.4. The Labute approximate surface area is 134 Å². The molecule has 1 unspecified atom stereocenters. The molecule has 0 saturated heterocycles. The van der Waals surface area contributed by atoms with Crippen LogP contribution in [0.15, 0.2) is 12.1 Å². The summed E-state index contributed by atoms with van der Waals surface area (Å²) in [7, 11) is -3.23. The lowest BCUT2D eigenvalue weighted by Crippen LogP contribution is -2.32. The summed E-state index contributed by atoms with van der Waals surface area (Å²) in [5, 5.41) is 4.18. The number of halogens is 3. The van der Waals surface area contributed by atoms with Gasteiger partial charge in [0.25, 0.3) is 0 Å². The SMILES string of the molecule is CCNS(=O)(=O)CCNC(C)c1ccc(Cl)c(Cl)c1Cl. The van der Waals surface area contributed by atoms with Crippen LogP contribution in [-0.2, 0) is 10.0 Å². The second-order valence-corrected chi connectivity index (χ2v) is 7.35. The topological polar surface area (TPSA) is 58.2 Å². The molecular weight excluding hydrogens is 343 g/mol. The van der Waals surface area contributed by atoms with E-state index in [1.807, 2.05) is 6.92 Å². The van der Waals surface area contributed by atoms with Gasteiger partial charge < -0.3 is 5.32 Å². The molecule has 2 N–H and O–H groups in total. The maximum Gasteiger partial charge on any atom is 0.212 e. The van der Waals surface area contributed by atoms with Gasteiger partial charge in [-0.15, -0.1) is 0 Å². The number of rotatable bonds is 7. The van der Waals surface area contributed by atoms with Crippen LogP contribution in [0.5, 0.6) is 0 Å². The third-order valence-electron chi connectivity index (χ3n) is 2.72. The lowest BCUT2D eigenvalue weighted by molar-refractivity contribution is 0.564. The van der Waals surface area contributed by atoms with Crippen LogP contribution in [-0.4, -0.2) is 27.3 Å². The predicted molar refractivity (Wildman–Crippen MR) is 85.4 cm³/mol. The fourth-order valence-electron chi connectivity index (χ4n) is 1.69. The van der Waals surface area contributed by atoms with Crippen molar-refractivity contribution in [2.45, 2.75) is 19.9 Å². The number of hydrogen-bond donors (Lipinski definition) is 2. The van der Waals surface area contributed by atoms with Gasteiger partial charge in [0.2, 0.25) is 10.0 Å². The normalized spacial score (nSPS) is 13.4. The molecule has 0 radical (unpaired) electrons. The van der Waals surface area contributed by atoms with Crippen LogP contribution >= 0.6 is 34.8 Å². The van der Waals surface area contributed by atoms with Crippen LogP contribution < -0.4 is 10.0 Å². The van der Waals surface area contributed by atoms with E-state index in [-0.39, 0.29) is 11.8 Å². The van der Waals surface area contributed by atoms with Gasteiger partial charge in [0.15, 0.2) is 0 Å². The minimum absolute atomic E-state index is 0.00409. The van der Waals surface area contributed by atoms with Gasteiger partial charge in [-0.3, -0.25) is 0 Å². The summed E-state index contributed by atoms with van der Waals surface area (Å²) in [5.41, 5.74) is 0.780. The van der Waals surface area contributed by atoms with Crippen molar-refractivity contribution in [3.8, 4) is 0 Å². The largest absolute Gasteiger partial charge is 0.309 e. The van der Waals surface area contributed by atoms with E-state index < -0.39 is 10.0 Å². The Balaban J connectivity index is 2.64. The molecule has 20 heavy (non-hydrogen) atoms. The van der Waals surface area contributed by atoms with Crippen molar-refractivity contribution in [3.63, 3.8) is 0 Å². The highest BCUT2D eigenvalue weighted by Crippen LogP contribution is 2.35. The minimum Gasteiger partial charge on any atom is -0.309 e. The van der Waals surface area contributed by atoms with Gasteiger partial charge in [0.05, 0.1) is 20.8 Å². The first kappa shape index (κ1) is 18.0. The van der Waals surface area contributed by atoms with Crippen LogP contribution in [0.2, 0.25) is 15.1 Å². The Bertz CT molecular complexity index is 564. The molecule has 0 aromatic heterocycles. The average molecular weight is 360 g/mol. The first-order chi connectivity index (χ1) is 9.28. The summed E-state index contributed by atoms with van der Waals surface area (Å²) in [4.78, 5) is 0. The van der Waals surface area contributed by atoms with E-state index in [1.54, 1.807) is 19.1 Å².